The van der Waals surface area contributed by atoms with Gasteiger partial charge >= 0.3 is 0 Å². The number of fused-ring (bicyclic) bond motifs is 6. The van der Waals surface area contributed by atoms with E-state index in [0.29, 0.717) is 0 Å². The monoisotopic (exact) mass is 672 g/mol. The Morgan fingerprint density at radius 2 is 0.887 bits per heavy atom. The van der Waals surface area contributed by atoms with E-state index in [-0.39, 0.29) is 0 Å². The zero-order valence-corrected chi connectivity index (χ0v) is 30.1. The molecule has 10 rings (SSSR count). The molecule has 0 unspecified atom stereocenters. The maximum atomic E-state index is 2.47. The minimum absolute atomic E-state index is 1.16. The first-order valence-corrected chi connectivity index (χ1v) is 18.5. The maximum absolute atomic E-state index is 2.47. The summed E-state index contributed by atoms with van der Waals surface area (Å²) in [5, 5.41) is 5.13. The molecule has 0 saturated carbocycles. The highest BCUT2D eigenvalue weighted by atomic mass is 15.0. The van der Waals surface area contributed by atoms with Gasteiger partial charge in [0.1, 0.15) is 23.5 Å². The molecule has 0 amide bonds. The predicted octanol–water partition coefficient (Wildman–Crippen LogP) is 7.66. The molecule has 0 atom stereocenters. The number of rotatable bonds is 5. The van der Waals surface area contributed by atoms with Crippen LogP contribution < -0.4 is 16.4 Å². The summed E-state index contributed by atoms with van der Waals surface area (Å²) in [6.07, 6.45) is 0. The lowest BCUT2D eigenvalue weighted by Gasteiger charge is -2.19. The van der Waals surface area contributed by atoms with E-state index < -0.39 is 0 Å². The normalized spacial score (nSPS) is 11.6. The van der Waals surface area contributed by atoms with Crippen molar-refractivity contribution in [1.82, 2.24) is 9.13 Å². The summed E-state index contributed by atoms with van der Waals surface area (Å²) >= 11 is 0. The van der Waals surface area contributed by atoms with Crippen LogP contribution >= 0.6 is 0 Å². The Morgan fingerprint density at radius 3 is 1.62 bits per heavy atom. The third-order valence-corrected chi connectivity index (χ3v) is 11.3. The van der Waals surface area contributed by atoms with Crippen molar-refractivity contribution in [3.8, 4) is 44.8 Å². The zero-order chi connectivity index (χ0) is 35.6. The first-order valence-electron chi connectivity index (χ1n) is 18.5. The molecule has 10 aromatic rings. The van der Waals surface area contributed by atoms with Crippen LogP contribution in [0, 0.1) is 0 Å². The highest BCUT2D eigenvalue weighted by Crippen LogP contribution is 2.40. The van der Waals surface area contributed by atoms with Crippen molar-refractivity contribution in [2.75, 3.05) is 0 Å². The van der Waals surface area contributed by atoms with Gasteiger partial charge in [-0.05, 0) is 70.3 Å². The van der Waals surface area contributed by atoms with Crippen molar-refractivity contribution >= 4 is 83.5 Å². The summed E-state index contributed by atoms with van der Waals surface area (Å²) in [4.78, 5) is 0. The molecule has 2 nitrogen and oxygen atoms in total. The van der Waals surface area contributed by atoms with Gasteiger partial charge in [-0.2, -0.15) is 0 Å². The summed E-state index contributed by atoms with van der Waals surface area (Å²) in [5.41, 5.74) is 18.7. The fraction of sp³-hybridized carbons (Fsp3) is 0. The van der Waals surface area contributed by atoms with Gasteiger partial charge in [0.05, 0.1) is 16.6 Å². The molecule has 53 heavy (non-hydrogen) atoms. The van der Waals surface area contributed by atoms with Gasteiger partial charge < -0.3 is 9.13 Å². The number of aromatic nitrogens is 2. The molecular formula is C48H35B3N2. The fourth-order valence-corrected chi connectivity index (χ4v) is 8.80. The molecule has 0 spiro atoms. The summed E-state index contributed by atoms with van der Waals surface area (Å²) < 4.78 is 4.92. The van der Waals surface area contributed by atoms with Crippen LogP contribution in [0.2, 0.25) is 0 Å². The Morgan fingerprint density at radius 1 is 0.340 bits per heavy atom. The van der Waals surface area contributed by atoms with Crippen LogP contribution in [0.5, 0.6) is 0 Å². The molecule has 0 radical (unpaired) electrons. The van der Waals surface area contributed by atoms with Crippen LogP contribution in [0.3, 0.4) is 0 Å². The Kier molecular flexibility index (Phi) is 7.30. The van der Waals surface area contributed by atoms with E-state index >= 15 is 0 Å². The molecule has 2 heterocycles. The molecule has 0 fully saturated rings. The largest absolute Gasteiger partial charge is 0.310 e. The van der Waals surface area contributed by atoms with Gasteiger partial charge in [0.2, 0.25) is 0 Å². The van der Waals surface area contributed by atoms with E-state index in [9.17, 15) is 0 Å². The number of para-hydroxylation sites is 3. The fourth-order valence-electron chi connectivity index (χ4n) is 8.80. The standard InChI is InChI=1S/C48H35B3N2/c49-44-42(33-25-28-41-39(29-33)37-21-12-20-36(32-15-6-2-7-16-32)47(37)52(41)34-17-8-3-9-18-34)45(50)46(51)48-43(44)38-19-10-11-22-40(38)53(48)35-26-23-31(24-27-35)30-13-4-1-5-14-30/h1-29H,49-51H2. The first kappa shape index (κ1) is 31.3. The SMILES string of the molecule is Bc1c(-c2ccc3c(c2)c2cccc(-c4ccccc4)c2n3-c2ccccc2)c(B)c2c3ccccc3n(-c3ccc(-c4ccccc4)cc3)c2c1B. The molecule has 0 aliphatic carbocycles. The van der Waals surface area contributed by atoms with E-state index in [1.165, 1.54) is 99.1 Å². The van der Waals surface area contributed by atoms with Crippen molar-refractivity contribution in [1.29, 1.82) is 0 Å². The minimum Gasteiger partial charge on any atom is -0.310 e. The van der Waals surface area contributed by atoms with E-state index in [1.54, 1.807) is 0 Å². The second-order valence-electron chi connectivity index (χ2n) is 14.2. The molecule has 0 N–H and O–H groups in total. The van der Waals surface area contributed by atoms with Crippen LogP contribution in [0.15, 0.2) is 176 Å². The molecule has 2 aromatic heterocycles. The third kappa shape index (κ3) is 4.84. The van der Waals surface area contributed by atoms with Gasteiger partial charge in [-0.15, -0.1) is 0 Å². The van der Waals surface area contributed by atoms with Crippen molar-refractivity contribution < 1.29 is 0 Å². The van der Waals surface area contributed by atoms with Crippen molar-refractivity contribution in [2.24, 2.45) is 0 Å². The molecule has 0 aliphatic heterocycles. The molecule has 246 valence electrons. The van der Waals surface area contributed by atoms with Gasteiger partial charge in [0, 0.05) is 44.0 Å². The molecule has 0 bridgehead atoms. The Balaban J connectivity index is 1.22. The summed E-state index contributed by atoms with van der Waals surface area (Å²) in [6, 6.07) is 64.0. The van der Waals surface area contributed by atoms with E-state index in [2.05, 4.69) is 209 Å². The summed E-state index contributed by atoms with van der Waals surface area (Å²) in [7, 11) is 6.94. The number of hydrogen-bond acceptors (Lipinski definition) is 0. The quantitative estimate of drug-likeness (QED) is 0.166. The highest BCUT2D eigenvalue weighted by molar-refractivity contribution is 6.60. The van der Waals surface area contributed by atoms with Crippen molar-refractivity contribution in [3.63, 3.8) is 0 Å². The molecule has 8 aromatic carbocycles. The van der Waals surface area contributed by atoms with Crippen molar-refractivity contribution in [2.45, 2.75) is 0 Å². The van der Waals surface area contributed by atoms with Gasteiger partial charge in [-0.3, -0.25) is 0 Å². The van der Waals surface area contributed by atoms with E-state index in [0.717, 1.165) is 5.69 Å². The van der Waals surface area contributed by atoms with Crippen LogP contribution in [0.4, 0.5) is 0 Å². The molecular weight excluding hydrogens is 637 g/mol. The van der Waals surface area contributed by atoms with Crippen LogP contribution in [-0.2, 0) is 0 Å². The molecule has 0 aliphatic rings. The summed E-state index contributed by atoms with van der Waals surface area (Å²) in [6.45, 7) is 0. The maximum Gasteiger partial charge on any atom is 0.141 e. The summed E-state index contributed by atoms with van der Waals surface area (Å²) in [5.74, 6) is 0. The second-order valence-corrected chi connectivity index (χ2v) is 14.2. The predicted molar refractivity (Wildman–Crippen MR) is 236 cm³/mol. The van der Waals surface area contributed by atoms with E-state index in [4.69, 9.17) is 0 Å². The number of hydrogen-bond donors (Lipinski definition) is 0. The van der Waals surface area contributed by atoms with Gasteiger partial charge in [0.15, 0.2) is 0 Å². The number of nitrogens with zero attached hydrogens (tertiary/aromatic N) is 2. The van der Waals surface area contributed by atoms with Crippen LogP contribution in [0.25, 0.3) is 88.4 Å². The minimum atomic E-state index is 1.16. The lowest BCUT2D eigenvalue weighted by molar-refractivity contribution is 1.18. The lowest BCUT2D eigenvalue weighted by Crippen LogP contribution is -2.35. The van der Waals surface area contributed by atoms with Gasteiger partial charge in [0.25, 0.3) is 0 Å². The average molecular weight is 672 g/mol. The molecule has 5 heteroatoms. The van der Waals surface area contributed by atoms with Gasteiger partial charge in [-0.1, -0.05) is 150 Å². The number of benzene rings is 8. The Labute approximate surface area is 312 Å². The first-order chi connectivity index (χ1) is 26.1. The topological polar surface area (TPSA) is 9.86 Å². The molecule has 0 saturated heterocycles. The van der Waals surface area contributed by atoms with Crippen LogP contribution in [-0.4, -0.2) is 32.7 Å². The van der Waals surface area contributed by atoms with Crippen LogP contribution in [0.1, 0.15) is 0 Å². The third-order valence-electron chi connectivity index (χ3n) is 11.3. The van der Waals surface area contributed by atoms with Gasteiger partial charge in [-0.25, -0.2) is 0 Å². The smallest absolute Gasteiger partial charge is 0.141 e. The zero-order valence-electron chi connectivity index (χ0n) is 30.1. The Bertz CT molecular complexity index is 3000. The Hall–Kier alpha value is -6.45. The average Bonchev–Trinajstić information content (AvgIpc) is 3.75. The lowest BCUT2D eigenvalue weighted by atomic mass is 9.69. The highest BCUT2D eigenvalue weighted by Gasteiger charge is 2.23. The van der Waals surface area contributed by atoms with Crippen molar-refractivity contribution in [3.05, 3.63) is 176 Å². The second kappa shape index (κ2) is 12.4. The van der Waals surface area contributed by atoms with E-state index in [1.807, 2.05) is 0 Å².